The molecule has 0 spiro atoms. The minimum absolute atomic E-state index is 0.209. The number of rotatable bonds is 5. The molecule has 2 aromatic carbocycles. The Labute approximate surface area is 154 Å². The van der Waals surface area contributed by atoms with Crippen molar-refractivity contribution in [2.24, 2.45) is 7.05 Å². The molecule has 9 heteroatoms. The van der Waals surface area contributed by atoms with Crippen LogP contribution in [-0.4, -0.2) is 18.0 Å². The minimum atomic E-state index is -4.08. The summed E-state index contributed by atoms with van der Waals surface area (Å²) in [6.07, 6.45) is 3.15. The smallest absolute Gasteiger partial charge is 0.241 e. The average molecular weight is 398 g/mol. The second-order valence-electron chi connectivity index (χ2n) is 5.58. The van der Waals surface area contributed by atoms with E-state index in [1.54, 1.807) is 23.9 Å². The van der Waals surface area contributed by atoms with Gasteiger partial charge < -0.3 is 4.57 Å². The highest BCUT2D eigenvalue weighted by Crippen LogP contribution is 2.25. The third-order valence-electron chi connectivity index (χ3n) is 3.77. The fourth-order valence-corrected chi connectivity index (χ4v) is 3.93. The molecule has 1 atom stereocenters. The maximum absolute atomic E-state index is 13.7. The van der Waals surface area contributed by atoms with E-state index < -0.39 is 27.7 Å². The summed E-state index contributed by atoms with van der Waals surface area (Å²) in [6, 6.07) is 7.68. The minimum Gasteiger partial charge on any atom is -0.336 e. The quantitative estimate of drug-likeness (QED) is 0.717. The first kappa shape index (κ1) is 18.5. The topological polar surface area (TPSA) is 64.0 Å². The first-order valence-electron chi connectivity index (χ1n) is 7.48. The van der Waals surface area contributed by atoms with Gasteiger partial charge in [0.25, 0.3) is 0 Å². The largest absolute Gasteiger partial charge is 0.336 e. The van der Waals surface area contributed by atoms with Gasteiger partial charge in [-0.05, 0) is 35.9 Å². The molecule has 0 bridgehead atoms. The SMILES string of the molecule is Cn1ccnc1C(NS(=O)(=O)c1ccc(F)c(Cl)c1)c1cccc(F)c1. The van der Waals surface area contributed by atoms with Crippen LogP contribution < -0.4 is 4.72 Å². The molecule has 0 aliphatic carbocycles. The van der Waals surface area contributed by atoms with Crippen molar-refractivity contribution in [1.29, 1.82) is 0 Å². The third-order valence-corrected chi connectivity index (χ3v) is 5.48. The number of nitrogens with one attached hydrogen (secondary N) is 1. The molecule has 0 amide bonds. The van der Waals surface area contributed by atoms with Gasteiger partial charge in [0.1, 0.15) is 23.5 Å². The van der Waals surface area contributed by atoms with E-state index in [0.29, 0.717) is 11.4 Å². The predicted octanol–water partition coefficient (Wildman–Crippen LogP) is 3.42. The molecule has 0 aliphatic heterocycles. The van der Waals surface area contributed by atoms with Crippen LogP contribution in [0.2, 0.25) is 5.02 Å². The Morgan fingerprint density at radius 3 is 2.58 bits per heavy atom. The monoisotopic (exact) mass is 397 g/mol. The molecule has 1 aromatic heterocycles. The molecule has 1 unspecified atom stereocenters. The van der Waals surface area contributed by atoms with Crippen molar-refractivity contribution in [3.05, 3.63) is 82.9 Å². The Balaban J connectivity index is 2.05. The molecule has 3 aromatic rings. The summed E-state index contributed by atoms with van der Waals surface area (Å²) >= 11 is 5.69. The standard InChI is InChI=1S/C17H14ClF2N3O2S/c1-23-8-7-21-17(23)16(11-3-2-4-12(19)9-11)22-26(24,25)13-5-6-15(20)14(18)10-13/h2-10,16,22H,1H3. The van der Waals surface area contributed by atoms with E-state index in [1.807, 2.05) is 0 Å². The zero-order valence-electron chi connectivity index (χ0n) is 13.5. The van der Waals surface area contributed by atoms with Crippen LogP contribution in [0.1, 0.15) is 17.4 Å². The third kappa shape index (κ3) is 3.77. The summed E-state index contributed by atoms with van der Waals surface area (Å²) in [5, 5.41) is -0.313. The van der Waals surface area contributed by atoms with Gasteiger partial charge >= 0.3 is 0 Å². The molecular weight excluding hydrogens is 384 g/mol. The number of hydrogen-bond donors (Lipinski definition) is 1. The highest BCUT2D eigenvalue weighted by atomic mass is 35.5. The maximum atomic E-state index is 13.7. The summed E-state index contributed by atoms with van der Waals surface area (Å²) in [5.41, 5.74) is 0.371. The lowest BCUT2D eigenvalue weighted by molar-refractivity contribution is 0.559. The molecular formula is C17H14ClF2N3O2S. The van der Waals surface area contributed by atoms with Gasteiger partial charge in [-0.15, -0.1) is 0 Å². The summed E-state index contributed by atoms with van der Waals surface area (Å²) < 4.78 is 56.6. The van der Waals surface area contributed by atoms with Gasteiger partial charge in [0.2, 0.25) is 10.0 Å². The molecule has 0 radical (unpaired) electrons. The molecule has 26 heavy (non-hydrogen) atoms. The Morgan fingerprint density at radius 1 is 1.19 bits per heavy atom. The van der Waals surface area contributed by atoms with E-state index in [0.717, 1.165) is 18.2 Å². The van der Waals surface area contributed by atoms with Crippen molar-refractivity contribution in [1.82, 2.24) is 14.3 Å². The van der Waals surface area contributed by atoms with E-state index in [-0.39, 0.29) is 9.92 Å². The number of imidazole rings is 1. The second kappa shape index (κ2) is 7.14. The number of halogens is 3. The van der Waals surface area contributed by atoms with Gasteiger partial charge in [-0.1, -0.05) is 23.7 Å². The van der Waals surface area contributed by atoms with Crippen LogP contribution in [0.5, 0.6) is 0 Å². The van der Waals surface area contributed by atoms with Crippen LogP contribution >= 0.6 is 11.6 Å². The van der Waals surface area contributed by atoms with Crippen LogP contribution in [-0.2, 0) is 17.1 Å². The molecule has 1 N–H and O–H groups in total. The van der Waals surface area contributed by atoms with Crippen molar-refractivity contribution in [3.63, 3.8) is 0 Å². The van der Waals surface area contributed by atoms with Crippen LogP contribution in [0.4, 0.5) is 8.78 Å². The van der Waals surface area contributed by atoms with Crippen molar-refractivity contribution in [2.75, 3.05) is 0 Å². The maximum Gasteiger partial charge on any atom is 0.241 e. The van der Waals surface area contributed by atoms with Crippen LogP contribution in [0.15, 0.2) is 59.8 Å². The number of aryl methyl sites for hydroxylation is 1. The van der Waals surface area contributed by atoms with Gasteiger partial charge in [-0.25, -0.2) is 22.2 Å². The van der Waals surface area contributed by atoms with Crippen LogP contribution in [0, 0.1) is 11.6 Å². The first-order chi connectivity index (χ1) is 12.3. The van der Waals surface area contributed by atoms with Gasteiger partial charge in [-0.3, -0.25) is 0 Å². The van der Waals surface area contributed by atoms with E-state index in [9.17, 15) is 17.2 Å². The summed E-state index contributed by atoms with van der Waals surface area (Å²) in [4.78, 5) is 3.95. The Bertz CT molecular complexity index is 1050. The molecule has 0 aliphatic rings. The Kier molecular flexibility index (Phi) is 5.08. The summed E-state index contributed by atoms with van der Waals surface area (Å²) in [5.74, 6) is -0.866. The molecule has 136 valence electrons. The number of benzene rings is 2. The van der Waals surface area contributed by atoms with Gasteiger partial charge in [0, 0.05) is 19.4 Å². The lowest BCUT2D eigenvalue weighted by Gasteiger charge is -2.19. The predicted molar refractivity (Wildman–Crippen MR) is 93.2 cm³/mol. The first-order valence-corrected chi connectivity index (χ1v) is 9.34. The lowest BCUT2D eigenvalue weighted by Crippen LogP contribution is -2.31. The van der Waals surface area contributed by atoms with Crippen molar-refractivity contribution in [2.45, 2.75) is 10.9 Å². The van der Waals surface area contributed by atoms with E-state index >= 15 is 0 Å². The number of hydrogen-bond acceptors (Lipinski definition) is 3. The fraction of sp³-hybridized carbons (Fsp3) is 0.118. The zero-order chi connectivity index (χ0) is 18.9. The lowest BCUT2D eigenvalue weighted by atomic mass is 10.1. The van der Waals surface area contributed by atoms with E-state index in [2.05, 4.69) is 9.71 Å². The van der Waals surface area contributed by atoms with Crippen LogP contribution in [0.25, 0.3) is 0 Å². The van der Waals surface area contributed by atoms with Crippen LogP contribution in [0.3, 0.4) is 0 Å². The summed E-state index contributed by atoms with van der Waals surface area (Å²) in [7, 11) is -2.39. The highest BCUT2D eigenvalue weighted by molar-refractivity contribution is 7.89. The number of sulfonamides is 1. The molecule has 1 heterocycles. The molecule has 3 rings (SSSR count). The Hall–Kier alpha value is -2.29. The van der Waals surface area contributed by atoms with Gasteiger partial charge in [0.15, 0.2) is 0 Å². The Morgan fingerprint density at radius 2 is 1.96 bits per heavy atom. The normalized spacial score (nSPS) is 12.9. The van der Waals surface area contributed by atoms with Crippen molar-refractivity contribution < 1.29 is 17.2 Å². The fourth-order valence-electron chi connectivity index (χ4n) is 2.48. The molecule has 5 nitrogen and oxygen atoms in total. The van der Waals surface area contributed by atoms with Gasteiger partial charge in [-0.2, -0.15) is 4.72 Å². The molecule has 0 fully saturated rings. The van der Waals surface area contributed by atoms with E-state index in [4.69, 9.17) is 11.6 Å². The van der Waals surface area contributed by atoms with E-state index in [1.165, 1.54) is 24.4 Å². The second-order valence-corrected chi connectivity index (χ2v) is 7.70. The zero-order valence-corrected chi connectivity index (χ0v) is 15.1. The number of aromatic nitrogens is 2. The van der Waals surface area contributed by atoms with Crippen molar-refractivity contribution >= 4 is 21.6 Å². The van der Waals surface area contributed by atoms with Gasteiger partial charge in [0.05, 0.1) is 9.92 Å². The van der Waals surface area contributed by atoms with Crippen molar-refractivity contribution in [3.8, 4) is 0 Å². The molecule has 0 saturated carbocycles. The number of nitrogens with zero attached hydrogens (tertiary/aromatic N) is 2. The highest BCUT2D eigenvalue weighted by Gasteiger charge is 2.26. The average Bonchev–Trinajstić information content (AvgIpc) is 3.01. The molecule has 0 saturated heterocycles. The summed E-state index contributed by atoms with van der Waals surface area (Å²) in [6.45, 7) is 0.